The van der Waals surface area contributed by atoms with Crippen molar-refractivity contribution in [3.05, 3.63) is 11.5 Å². The van der Waals surface area contributed by atoms with E-state index in [9.17, 15) is 20.1 Å². The molecular formula is C8H12O6. The van der Waals surface area contributed by atoms with Gasteiger partial charge in [0.1, 0.15) is 11.7 Å². The highest BCUT2D eigenvalue weighted by Crippen LogP contribution is 2.29. The molecule has 0 heterocycles. The van der Waals surface area contributed by atoms with Crippen LogP contribution in [0.4, 0.5) is 0 Å². The van der Waals surface area contributed by atoms with E-state index < -0.39 is 36.3 Å². The Morgan fingerprint density at radius 3 is 2.64 bits per heavy atom. The van der Waals surface area contributed by atoms with E-state index >= 15 is 0 Å². The molecule has 1 aliphatic rings. The van der Waals surface area contributed by atoms with Gasteiger partial charge in [-0.3, -0.25) is 4.79 Å². The highest BCUT2D eigenvalue weighted by Gasteiger charge is 2.46. The molecule has 14 heavy (non-hydrogen) atoms. The summed E-state index contributed by atoms with van der Waals surface area (Å²) in [7, 11) is 1.17. The first-order valence-electron chi connectivity index (χ1n) is 3.98. The SMILES string of the molecule is COC1=C(O)[C@H](O)[C@](O)(CO)CC1=O. The maximum Gasteiger partial charge on any atom is 0.204 e. The minimum Gasteiger partial charge on any atom is -0.506 e. The fourth-order valence-corrected chi connectivity index (χ4v) is 1.34. The van der Waals surface area contributed by atoms with Crippen LogP contribution in [0, 0.1) is 0 Å². The monoisotopic (exact) mass is 204 g/mol. The number of aliphatic hydroxyl groups excluding tert-OH is 3. The van der Waals surface area contributed by atoms with Crippen molar-refractivity contribution in [2.45, 2.75) is 18.1 Å². The van der Waals surface area contributed by atoms with Crippen molar-refractivity contribution < 1.29 is 30.0 Å². The molecule has 0 aromatic carbocycles. The van der Waals surface area contributed by atoms with Gasteiger partial charge < -0.3 is 25.2 Å². The van der Waals surface area contributed by atoms with E-state index in [0.29, 0.717) is 0 Å². The molecule has 0 unspecified atom stereocenters. The first-order chi connectivity index (χ1) is 6.46. The summed E-state index contributed by atoms with van der Waals surface area (Å²) in [5, 5.41) is 37.0. The number of ketones is 1. The second-order valence-electron chi connectivity index (χ2n) is 3.18. The summed E-state index contributed by atoms with van der Waals surface area (Å²) >= 11 is 0. The van der Waals surface area contributed by atoms with Crippen molar-refractivity contribution in [1.82, 2.24) is 0 Å². The molecular weight excluding hydrogens is 192 g/mol. The second kappa shape index (κ2) is 3.56. The van der Waals surface area contributed by atoms with Crippen molar-refractivity contribution in [1.29, 1.82) is 0 Å². The van der Waals surface area contributed by atoms with Gasteiger partial charge in [0.15, 0.2) is 5.76 Å². The molecule has 0 amide bonds. The van der Waals surface area contributed by atoms with Crippen LogP contribution in [0.3, 0.4) is 0 Å². The minimum atomic E-state index is -2.02. The van der Waals surface area contributed by atoms with Gasteiger partial charge in [0.25, 0.3) is 0 Å². The van der Waals surface area contributed by atoms with Crippen LogP contribution in [-0.2, 0) is 9.53 Å². The molecule has 2 atom stereocenters. The van der Waals surface area contributed by atoms with E-state index in [-0.39, 0.29) is 5.76 Å². The van der Waals surface area contributed by atoms with E-state index in [1.807, 2.05) is 0 Å². The van der Waals surface area contributed by atoms with Gasteiger partial charge in [-0.1, -0.05) is 0 Å². The van der Waals surface area contributed by atoms with E-state index in [0.717, 1.165) is 0 Å². The largest absolute Gasteiger partial charge is 0.506 e. The zero-order chi connectivity index (χ0) is 10.9. The van der Waals surface area contributed by atoms with Crippen LogP contribution in [-0.4, -0.2) is 51.6 Å². The third kappa shape index (κ3) is 1.47. The Morgan fingerprint density at radius 1 is 1.64 bits per heavy atom. The van der Waals surface area contributed by atoms with Crippen molar-refractivity contribution >= 4 is 5.78 Å². The highest BCUT2D eigenvalue weighted by molar-refractivity contribution is 5.96. The van der Waals surface area contributed by atoms with Gasteiger partial charge in [-0.2, -0.15) is 0 Å². The highest BCUT2D eigenvalue weighted by atomic mass is 16.5. The number of hydrogen-bond donors (Lipinski definition) is 4. The van der Waals surface area contributed by atoms with Crippen LogP contribution in [0.15, 0.2) is 11.5 Å². The Bertz CT molecular complexity index is 284. The molecule has 1 rings (SSSR count). The Hall–Kier alpha value is -1.11. The summed E-state index contributed by atoms with van der Waals surface area (Å²) in [4.78, 5) is 11.2. The predicted octanol–water partition coefficient (Wildman–Crippen LogP) is -1.54. The van der Waals surface area contributed by atoms with Gasteiger partial charge in [-0.15, -0.1) is 0 Å². The second-order valence-corrected chi connectivity index (χ2v) is 3.18. The molecule has 6 nitrogen and oxygen atoms in total. The van der Waals surface area contributed by atoms with Gasteiger partial charge in [-0.25, -0.2) is 0 Å². The van der Waals surface area contributed by atoms with Gasteiger partial charge in [-0.05, 0) is 0 Å². The minimum absolute atomic E-state index is 0.379. The normalized spacial score (nSPS) is 33.4. The number of carbonyl (C=O) groups is 1. The molecule has 0 bridgehead atoms. The van der Waals surface area contributed by atoms with Crippen molar-refractivity contribution in [3.63, 3.8) is 0 Å². The van der Waals surface area contributed by atoms with Crippen molar-refractivity contribution in [3.8, 4) is 0 Å². The smallest absolute Gasteiger partial charge is 0.204 e. The lowest BCUT2D eigenvalue weighted by atomic mass is 9.84. The van der Waals surface area contributed by atoms with Crippen LogP contribution in [0.25, 0.3) is 0 Å². The van der Waals surface area contributed by atoms with Gasteiger partial charge >= 0.3 is 0 Å². The molecule has 0 saturated carbocycles. The molecule has 0 aromatic heterocycles. The number of methoxy groups -OCH3 is 1. The molecule has 0 aliphatic heterocycles. The number of carbonyl (C=O) groups excluding carboxylic acids is 1. The maximum atomic E-state index is 11.2. The number of rotatable bonds is 2. The third-order valence-corrected chi connectivity index (χ3v) is 2.20. The standard InChI is InChI=1S/C8H12O6/c1-14-6-4(10)2-8(13,3-9)7(12)5(6)11/h7,9,11-13H,2-3H2,1H3/t7-,8+/m0/s1. The first kappa shape index (κ1) is 11.0. The van der Waals surface area contributed by atoms with Crippen molar-refractivity contribution in [2.75, 3.05) is 13.7 Å². The van der Waals surface area contributed by atoms with Crippen LogP contribution < -0.4 is 0 Å². The van der Waals surface area contributed by atoms with E-state index in [1.165, 1.54) is 7.11 Å². The molecule has 0 spiro atoms. The average molecular weight is 204 g/mol. The molecule has 0 fully saturated rings. The summed E-state index contributed by atoms with van der Waals surface area (Å²) in [6.07, 6.45) is -2.20. The fourth-order valence-electron chi connectivity index (χ4n) is 1.34. The molecule has 0 aromatic rings. The molecule has 0 radical (unpaired) electrons. The lowest BCUT2D eigenvalue weighted by molar-refractivity contribution is -0.145. The van der Waals surface area contributed by atoms with Crippen LogP contribution in [0.1, 0.15) is 6.42 Å². The predicted molar refractivity (Wildman–Crippen MR) is 44.3 cm³/mol. The molecule has 6 heteroatoms. The Labute approximate surface area is 80.1 Å². The van der Waals surface area contributed by atoms with Gasteiger partial charge in [0, 0.05) is 6.42 Å². The number of Topliss-reactive ketones (excluding diaryl/α,β-unsaturated/α-hetero) is 1. The first-order valence-corrected chi connectivity index (χ1v) is 3.98. The molecule has 1 aliphatic carbocycles. The lowest BCUT2D eigenvalue weighted by Crippen LogP contribution is -2.52. The van der Waals surface area contributed by atoms with Crippen LogP contribution >= 0.6 is 0 Å². The average Bonchev–Trinajstić information content (AvgIpc) is 2.15. The number of allylic oxidation sites excluding steroid dienone is 1. The number of aliphatic hydroxyl groups is 4. The van der Waals surface area contributed by atoms with Crippen LogP contribution in [0.2, 0.25) is 0 Å². The fraction of sp³-hybridized carbons (Fsp3) is 0.625. The lowest BCUT2D eigenvalue weighted by Gasteiger charge is -2.34. The summed E-state index contributed by atoms with van der Waals surface area (Å²) < 4.78 is 4.55. The summed E-state index contributed by atoms with van der Waals surface area (Å²) in [5.41, 5.74) is -2.02. The van der Waals surface area contributed by atoms with Gasteiger partial charge in [0.05, 0.1) is 13.7 Å². The van der Waals surface area contributed by atoms with Gasteiger partial charge in [0.2, 0.25) is 11.5 Å². The summed E-state index contributed by atoms with van der Waals surface area (Å²) in [6, 6.07) is 0. The third-order valence-electron chi connectivity index (χ3n) is 2.20. The summed E-state index contributed by atoms with van der Waals surface area (Å²) in [5.74, 6) is -1.79. The Kier molecular flexibility index (Phi) is 2.79. The van der Waals surface area contributed by atoms with E-state index in [2.05, 4.69) is 4.74 Å². The quantitative estimate of drug-likeness (QED) is 0.434. The zero-order valence-electron chi connectivity index (χ0n) is 7.60. The van der Waals surface area contributed by atoms with E-state index in [1.54, 1.807) is 0 Å². The Balaban J connectivity index is 3.11. The molecule has 80 valence electrons. The van der Waals surface area contributed by atoms with Crippen molar-refractivity contribution in [2.24, 2.45) is 0 Å². The molecule has 4 N–H and O–H groups in total. The maximum absolute atomic E-state index is 11.2. The Morgan fingerprint density at radius 2 is 2.21 bits per heavy atom. The zero-order valence-corrected chi connectivity index (χ0v) is 7.60. The number of hydrogen-bond acceptors (Lipinski definition) is 6. The number of ether oxygens (including phenoxy) is 1. The molecule has 0 saturated heterocycles. The van der Waals surface area contributed by atoms with E-state index in [4.69, 9.17) is 5.11 Å². The topological polar surface area (TPSA) is 107 Å². The van der Waals surface area contributed by atoms with Crippen LogP contribution in [0.5, 0.6) is 0 Å². The summed E-state index contributed by atoms with van der Waals surface area (Å²) in [6.45, 7) is -0.818.